The molecule has 4 aromatic carbocycles. The summed E-state index contributed by atoms with van der Waals surface area (Å²) in [6, 6.07) is 11.7. The second kappa shape index (κ2) is 11.0. The largest absolute Gasteiger partial charge is 0.545 e. The van der Waals surface area contributed by atoms with E-state index in [2.05, 4.69) is 0 Å². The van der Waals surface area contributed by atoms with Gasteiger partial charge >= 0.3 is 0 Å². The summed E-state index contributed by atoms with van der Waals surface area (Å²) in [6.07, 6.45) is 0. The number of nitrogens with zero attached hydrogens (tertiary/aromatic N) is 2. The highest BCUT2D eigenvalue weighted by molar-refractivity contribution is 6.36. The fourth-order valence-electron chi connectivity index (χ4n) is 5.35. The summed E-state index contributed by atoms with van der Waals surface area (Å²) in [5, 5.41) is 45.7. The van der Waals surface area contributed by atoms with Crippen molar-refractivity contribution in [2.45, 2.75) is 0 Å². The first-order chi connectivity index (χ1) is 22.7. The van der Waals surface area contributed by atoms with Crippen LogP contribution < -0.4 is 30.2 Å². The standard InChI is InChI=1S/C33H16N2O13/c36-25(13-1-3-21-23(11-13)28(39)34(26(21)37)19-7-15(30(41)42)5-16(8-19)31(43)44)14-2-4-22-24(12-14)29(40)35(27(22)38)20-9-17(32(45)46)6-18(10-20)33(47)48/h1-12H,(H,41,42)(H,43,44)(H,45,46)(H,47,48)/p-4. The molecule has 48 heavy (non-hydrogen) atoms. The number of rotatable bonds is 8. The molecule has 0 bridgehead atoms. The van der Waals surface area contributed by atoms with Crippen molar-refractivity contribution in [3.8, 4) is 0 Å². The smallest absolute Gasteiger partial charge is 0.266 e. The van der Waals surface area contributed by atoms with E-state index in [1.165, 1.54) is 12.1 Å². The summed E-state index contributed by atoms with van der Waals surface area (Å²) in [4.78, 5) is 113. The zero-order valence-electron chi connectivity index (χ0n) is 23.6. The number of imide groups is 2. The maximum atomic E-state index is 13.5. The van der Waals surface area contributed by atoms with Gasteiger partial charge < -0.3 is 39.6 Å². The molecule has 15 nitrogen and oxygen atoms in total. The van der Waals surface area contributed by atoms with Crippen LogP contribution in [0.25, 0.3) is 0 Å². The number of hydrogen-bond donors (Lipinski definition) is 0. The zero-order chi connectivity index (χ0) is 34.8. The number of amides is 4. The lowest BCUT2D eigenvalue weighted by Gasteiger charge is -2.17. The lowest BCUT2D eigenvalue weighted by molar-refractivity contribution is -0.257. The van der Waals surface area contributed by atoms with Gasteiger partial charge in [-0.15, -0.1) is 0 Å². The van der Waals surface area contributed by atoms with E-state index in [9.17, 15) is 63.6 Å². The van der Waals surface area contributed by atoms with Gasteiger partial charge in [-0.05, 0) is 82.9 Å². The van der Waals surface area contributed by atoms with E-state index in [1.54, 1.807) is 0 Å². The van der Waals surface area contributed by atoms with E-state index in [4.69, 9.17) is 0 Å². The molecule has 0 saturated heterocycles. The van der Waals surface area contributed by atoms with Gasteiger partial charge in [0.1, 0.15) is 0 Å². The Morgan fingerprint density at radius 1 is 0.375 bits per heavy atom. The van der Waals surface area contributed by atoms with Gasteiger partial charge in [0.05, 0.1) is 57.5 Å². The van der Waals surface area contributed by atoms with E-state index < -0.39 is 86.9 Å². The lowest BCUT2D eigenvalue weighted by Crippen LogP contribution is -2.31. The molecule has 6 rings (SSSR count). The normalized spacial score (nSPS) is 13.4. The van der Waals surface area contributed by atoms with Gasteiger partial charge in [-0.1, -0.05) is 12.1 Å². The van der Waals surface area contributed by atoms with Gasteiger partial charge in [-0.3, -0.25) is 24.0 Å². The van der Waals surface area contributed by atoms with Crippen molar-refractivity contribution >= 4 is 64.7 Å². The highest BCUT2D eigenvalue weighted by Crippen LogP contribution is 2.33. The fraction of sp³-hybridized carbons (Fsp3) is 0. The number of carbonyl (C=O) groups is 9. The van der Waals surface area contributed by atoms with E-state index in [0.717, 1.165) is 60.7 Å². The maximum absolute atomic E-state index is 13.5. The average Bonchev–Trinajstić information content (AvgIpc) is 3.46. The van der Waals surface area contributed by atoms with Gasteiger partial charge in [0.15, 0.2) is 5.78 Å². The summed E-state index contributed by atoms with van der Waals surface area (Å²) in [5.41, 5.74) is -4.63. The van der Waals surface area contributed by atoms with Crippen molar-refractivity contribution in [3.63, 3.8) is 0 Å². The molecule has 0 aromatic heterocycles. The van der Waals surface area contributed by atoms with Gasteiger partial charge in [0, 0.05) is 11.1 Å². The molecule has 0 N–H and O–H groups in total. The number of fused-ring (bicyclic) bond motifs is 2. The first-order valence-corrected chi connectivity index (χ1v) is 13.4. The molecule has 2 heterocycles. The quantitative estimate of drug-likeness (QED) is 0.148. The summed E-state index contributed by atoms with van der Waals surface area (Å²) in [7, 11) is 0. The molecule has 0 saturated carbocycles. The zero-order valence-corrected chi connectivity index (χ0v) is 23.6. The Hall–Kier alpha value is -7.29. The maximum Gasteiger partial charge on any atom is 0.266 e. The molecular weight excluding hydrogens is 632 g/mol. The number of carbonyl (C=O) groups excluding carboxylic acids is 9. The number of hydrogen-bond acceptors (Lipinski definition) is 13. The molecule has 15 heteroatoms. The van der Waals surface area contributed by atoms with Crippen LogP contribution in [-0.4, -0.2) is 53.3 Å². The fourth-order valence-corrected chi connectivity index (χ4v) is 5.35. The molecule has 0 unspecified atom stereocenters. The van der Waals surface area contributed by atoms with Gasteiger partial charge in [-0.25, -0.2) is 9.80 Å². The first-order valence-electron chi connectivity index (χ1n) is 13.4. The minimum atomic E-state index is -1.78. The third-order valence-electron chi connectivity index (χ3n) is 7.59. The first kappa shape index (κ1) is 30.7. The van der Waals surface area contributed by atoms with Crippen LogP contribution >= 0.6 is 0 Å². The predicted molar refractivity (Wildman–Crippen MR) is 149 cm³/mol. The van der Waals surface area contributed by atoms with E-state index in [0.29, 0.717) is 9.80 Å². The summed E-state index contributed by atoms with van der Waals surface area (Å²) in [6.45, 7) is 0. The summed E-state index contributed by atoms with van der Waals surface area (Å²) >= 11 is 0. The predicted octanol–water partition coefficient (Wildman–Crippen LogP) is -2.03. The molecular formula is C33H12N2O13-4. The topological polar surface area (TPSA) is 252 Å². The Kier molecular flexibility index (Phi) is 7.01. The number of benzene rings is 4. The molecule has 0 radical (unpaired) electrons. The Balaban J connectivity index is 1.33. The number of anilines is 2. The molecule has 0 atom stereocenters. The van der Waals surface area contributed by atoms with Gasteiger partial charge in [-0.2, -0.15) is 0 Å². The highest BCUT2D eigenvalue weighted by Gasteiger charge is 2.39. The van der Waals surface area contributed by atoms with Crippen molar-refractivity contribution in [1.82, 2.24) is 0 Å². The Morgan fingerprint density at radius 3 is 0.958 bits per heavy atom. The number of ketones is 1. The average molecular weight is 644 g/mol. The highest BCUT2D eigenvalue weighted by atomic mass is 16.4. The number of aromatic carboxylic acids is 4. The van der Waals surface area contributed by atoms with Crippen LogP contribution in [0.4, 0.5) is 11.4 Å². The van der Waals surface area contributed by atoms with Crippen molar-refractivity contribution < 1.29 is 63.6 Å². The van der Waals surface area contributed by atoms with E-state index >= 15 is 0 Å². The minimum Gasteiger partial charge on any atom is -0.545 e. The van der Waals surface area contributed by atoms with Crippen molar-refractivity contribution in [2.75, 3.05) is 9.80 Å². The minimum absolute atomic E-state index is 0.149. The molecule has 0 fully saturated rings. The van der Waals surface area contributed by atoms with Crippen molar-refractivity contribution in [3.05, 3.63) is 128 Å². The molecule has 4 amide bonds. The second-order valence-corrected chi connectivity index (χ2v) is 10.4. The second-order valence-electron chi connectivity index (χ2n) is 10.4. The van der Waals surface area contributed by atoms with Crippen molar-refractivity contribution in [1.29, 1.82) is 0 Å². The van der Waals surface area contributed by atoms with Crippen LogP contribution in [0.3, 0.4) is 0 Å². The van der Waals surface area contributed by atoms with Crippen LogP contribution in [-0.2, 0) is 0 Å². The third-order valence-corrected chi connectivity index (χ3v) is 7.59. The number of carboxylic acid groups (broad SMARTS) is 4. The molecule has 2 aliphatic rings. The molecule has 2 aliphatic heterocycles. The number of carboxylic acids is 4. The van der Waals surface area contributed by atoms with Crippen LogP contribution in [0.5, 0.6) is 0 Å². The van der Waals surface area contributed by atoms with Crippen molar-refractivity contribution in [2.24, 2.45) is 0 Å². The van der Waals surface area contributed by atoms with E-state index in [1.807, 2.05) is 0 Å². The van der Waals surface area contributed by atoms with Crippen LogP contribution in [0, 0.1) is 0 Å². The van der Waals surface area contributed by atoms with Gasteiger partial charge in [0.25, 0.3) is 23.6 Å². The van der Waals surface area contributed by atoms with Crippen LogP contribution in [0.1, 0.15) is 98.8 Å². The molecule has 0 aliphatic carbocycles. The monoisotopic (exact) mass is 644 g/mol. The lowest BCUT2D eigenvalue weighted by atomic mass is 9.96. The van der Waals surface area contributed by atoms with Gasteiger partial charge in [0.2, 0.25) is 0 Å². The third kappa shape index (κ3) is 4.83. The van der Waals surface area contributed by atoms with Crippen LogP contribution in [0.15, 0.2) is 72.8 Å². The molecule has 4 aromatic rings. The summed E-state index contributed by atoms with van der Waals surface area (Å²) < 4.78 is 0. The SMILES string of the molecule is O=C([O-])c1cc(C(=O)[O-])cc(N2C(=O)c3ccc(C(=O)c4ccc5c(c4)C(=O)N(c4cc(C(=O)[O-])cc(C(=O)[O-])c4)C5=O)cc3C2=O)c1. The van der Waals surface area contributed by atoms with Crippen LogP contribution in [0.2, 0.25) is 0 Å². The molecule has 236 valence electrons. The van der Waals surface area contributed by atoms with E-state index in [-0.39, 0.29) is 33.4 Å². The Bertz CT molecular complexity index is 2050. The Morgan fingerprint density at radius 2 is 0.667 bits per heavy atom. The summed E-state index contributed by atoms with van der Waals surface area (Å²) in [5.74, 6) is -11.8. The molecule has 0 spiro atoms. The Labute approximate surface area is 266 Å².